The molecule has 0 heterocycles. The first-order valence-electron chi connectivity index (χ1n) is 8.96. The molecule has 1 aliphatic rings. The maximum Gasteiger partial charge on any atom is 0.251 e. The van der Waals surface area contributed by atoms with Crippen LogP contribution in [-0.4, -0.2) is 23.1 Å². The van der Waals surface area contributed by atoms with E-state index < -0.39 is 18.0 Å². The summed E-state index contributed by atoms with van der Waals surface area (Å²) in [6.45, 7) is 0. The SMILES string of the molecule is O=C([O-])[C@H](O)Cc1ccc(Cc2ccccc2)cc1C1=CCC(F)(F)CC1. The first-order chi connectivity index (χ1) is 12.8. The van der Waals surface area contributed by atoms with Crippen molar-refractivity contribution < 1.29 is 23.8 Å². The maximum absolute atomic E-state index is 13.5. The molecule has 0 spiro atoms. The molecule has 1 atom stereocenters. The lowest BCUT2D eigenvalue weighted by molar-refractivity contribution is -0.314. The Hall–Kier alpha value is -2.53. The summed E-state index contributed by atoms with van der Waals surface area (Å²) in [6.07, 6.45) is 0.126. The molecule has 3 rings (SSSR count). The highest BCUT2D eigenvalue weighted by atomic mass is 19.3. The molecular weight excluding hydrogens is 350 g/mol. The molecule has 27 heavy (non-hydrogen) atoms. The monoisotopic (exact) mass is 371 g/mol. The van der Waals surface area contributed by atoms with Gasteiger partial charge in [-0.1, -0.05) is 54.6 Å². The second-order valence-electron chi connectivity index (χ2n) is 6.98. The van der Waals surface area contributed by atoms with E-state index in [1.54, 1.807) is 6.07 Å². The lowest BCUT2D eigenvalue weighted by Crippen LogP contribution is -2.37. The zero-order valence-corrected chi connectivity index (χ0v) is 14.8. The molecule has 1 aliphatic carbocycles. The average molecular weight is 371 g/mol. The van der Waals surface area contributed by atoms with E-state index in [2.05, 4.69) is 0 Å². The Kier molecular flexibility index (Phi) is 5.71. The number of halogens is 2. The number of hydrogen-bond acceptors (Lipinski definition) is 3. The number of benzene rings is 2. The van der Waals surface area contributed by atoms with E-state index >= 15 is 0 Å². The van der Waals surface area contributed by atoms with Crippen molar-refractivity contribution in [2.24, 2.45) is 0 Å². The van der Waals surface area contributed by atoms with Gasteiger partial charge in [-0.15, -0.1) is 0 Å². The number of aliphatic hydroxyl groups excluding tert-OH is 1. The number of carbonyl (C=O) groups excluding carboxylic acids is 1. The third-order valence-corrected chi connectivity index (χ3v) is 4.86. The Bertz CT molecular complexity index is 844. The average Bonchev–Trinajstić information content (AvgIpc) is 2.64. The molecular formula is C22H21F2O3-. The molecule has 0 saturated heterocycles. The molecule has 5 heteroatoms. The number of allylic oxidation sites excluding steroid dienone is 2. The van der Waals surface area contributed by atoms with Crippen molar-refractivity contribution in [3.63, 3.8) is 0 Å². The Morgan fingerprint density at radius 2 is 1.89 bits per heavy atom. The minimum atomic E-state index is -2.70. The van der Waals surface area contributed by atoms with Crippen LogP contribution >= 0.6 is 0 Å². The van der Waals surface area contributed by atoms with Crippen LogP contribution in [0.5, 0.6) is 0 Å². The quantitative estimate of drug-likeness (QED) is 0.849. The van der Waals surface area contributed by atoms with Crippen molar-refractivity contribution in [1.82, 2.24) is 0 Å². The van der Waals surface area contributed by atoms with Crippen molar-refractivity contribution in [3.05, 3.63) is 76.9 Å². The van der Waals surface area contributed by atoms with Crippen LogP contribution in [0.4, 0.5) is 8.78 Å². The summed E-state index contributed by atoms with van der Waals surface area (Å²) in [4.78, 5) is 10.9. The summed E-state index contributed by atoms with van der Waals surface area (Å²) in [5.41, 5.74) is 4.26. The van der Waals surface area contributed by atoms with Gasteiger partial charge in [0.25, 0.3) is 5.92 Å². The third-order valence-electron chi connectivity index (χ3n) is 4.86. The topological polar surface area (TPSA) is 60.4 Å². The lowest BCUT2D eigenvalue weighted by Gasteiger charge is -2.24. The fraction of sp³-hybridized carbons (Fsp3) is 0.318. The normalized spacial score (nSPS) is 17.2. The number of alkyl halides is 2. The molecule has 0 saturated carbocycles. The van der Waals surface area contributed by atoms with Gasteiger partial charge >= 0.3 is 0 Å². The standard InChI is InChI=1S/C22H22F2O3/c23-22(24)10-8-17(9-11-22)19-13-16(12-15-4-2-1-3-5-15)6-7-18(19)14-20(25)21(26)27/h1-8,13,20,25H,9-12,14H2,(H,26,27)/p-1/t20-/m1/s1. The van der Waals surface area contributed by atoms with Crippen molar-refractivity contribution in [3.8, 4) is 0 Å². The van der Waals surface area contributed by atoms with Gasteiger partial charge in [-0.25, -0.2) is 8.78 Å². The summed E-state index contributed by atoms with van der Waals surface area (Å²) < 4.78 is 27.0. The summed E-state index contributed by atoms with van der Waals surface area (Å²) in [6, 6.07) is 15.4. The molecule has 2 aromatic carbocycles. The number of aliphatic hydroxyl groups is 1. The van der Waals surface area contributed by atoms with Crippen LogP contribution in [0, 0.1) is 0 Å². The second kappa shape index (κ2) is 8.01. The van der Waals surface area contributed by atoms with E-state index in [0.717, 1.165) is 22.3 Å². The van der Waals surface area contributed by atoms with Crippen LogP contribution < -0.4 is 5.11 Å². The van der Waals surface area contributed by atoms with E-state index in [0.29, 0.717) is 12.0 Å². The van der Waals surface area contributed by atoms with Gasteiger partial charge in [0.1, 0.15) is 0 Å². The fourth-order valence-corrected chi connectivity index (χ4v) is 3.37. The van der Waals surface area contributed by atoms with Crippen LogP contribution in [-0.2, 0) is 17.6 Å². The van der Waals surface area contributed by atoms with Gasteiger partial charge < -0.3 is 15.0 Å². The Morgan fingerprint density at radius 3 is 2.52 bits per heavy atom. The molecule has 0 unspecified atom stereocenters. The molecule has 3 nitrogen and oxygen atoms in total. The van der Waals surface area contributed by atoms with Crippen LogP contribution in [0.25, 0.3) is 5.57 Å². The molecule has 0 radical (unpaired) electrons. The number of carbonyl (C=O) groups is 1. The van der Waals surface area contributed by atoms with Gasteiger partial charge in [0, 0.05) is 19.3 Å². The highest BCUT2D eigenvalue weighted by Crippen LogP contribution is 2.38. The Morgan fingerprint density at radius 1 is 1.15 bits per heavy atom. The highest BCUT2D eigenvalue weighted by Gasteiger charge is 2.31. The Balaban J connectivity index is 1.93. The molecule has 0 amide bonds. The van der Waals surface area contributed by atoms with E-state index in [1.165, 1.54) is 6.08 Å². The number of carboxylic acids is 1. The van der Waals surface area contributed by atoms with E-state index in [-0.39, 0.29) is 25.7 Å². The molecule has 0 fully saturated rings. The number of rotatable bonds is 6. The van der Waals surface area contributed by atoms with Crippen LogP contribution in [0.2, 0.25) is 0 Å². The van der Waals surface area contributed by atoms with Gasteiger partial charge in [-0.05, 0) is 40.7 Å². The minimum Gasteiger partial charge on any atom is -0.547 e. The van der Waals surface area contributed by atoms with Crippen molar-refractivity contribution >= 4 is 11.5 Å². The van der Waals surface area contributed by atoms with Gasteiger partial charge in [-0.3, -0.25) is 0 Å². The summed E-state index contributed by atoms with van der Waals surface area (Å²) in [5, 5.41) is 20.6. The number of hydrogen-bond donors (Lipinski definition) is 1. The van der Waals surface area contributed by atoms with E-state index in [9.17, 15) is 23.8 Å². The van der Waals surface area contributed by atoms with Crippen molar-refractivity contribution in [2.45, 2.75) is 44.1 Å². The molecule has 0 aromatic heterocycles. The second-order valence-corrected chi connectivity index (χ2v) is 6.98. The van der Waals surface area contributed by atoms with Gasteiger partial charge in [0.15, 0.2) is 0 Å². The molecule has 1 N–H and O–H groups in total. The minimum absolute atomic E-state index is 0.114. The fourth-order valence-electron chi connectivity index (χ4n) is 3.37. The number of aliphatic carboxylic acids is 1. The Labute approximate surface area is 157 Å². The van der Waals surface area contributed by atoms with Crippen LogP contribution in [0.15, 0.2) is 54.6 Å². The van der Waals surface area contributed by atoms with Crippen molar-refractivity contribution in [1.29, 1.82) is 0 Å². The zero-order chi connectivity index (χ0) is 19.4. The zero-order valence-electron chi connectivity index (χ0n) is 14.8. The summed E-state index contributed by atoms with van der Waals surface area (Å²) in [5.74, 6) is -4.24. The molecule has 0 bridgehead atoms. The van der Waals surface area contributed by atoms with Crippen molar-refractivity contribution in [2.75, 3.05) is 0 Å². The maximum atomic E-state index is 13.5. The molecule has 2 aromatic rings. The highest BCUT2D eigenvalue weighted by molar-refractivity contribution is 5.73. The van der Waals surface area contributed by atoms with E-state index in [4.69, 9.17) is 0 Å². The van der Waals surface area contributed by atoms with E-state index in [1.807, 2.05) is 42.5 Å². The summed E-state index contributed by atoms with van der Waals surface area (Å²) in [7, 11) is 0. The molecule has 142 valence electrons. The first kappa shape index (κ1) is 19.2. The predicted octanol–water partition coefficient (Wildman–Crippen LogP) is 3.13. The smallest absolute Gasteiger partial charge is 0.251 e. The van der Waals surface area contributed by atoms with Gasteiger partial charge in [0.2, 0.25) is 0 Å². The first-order valence-corrected chi connectivity index (χ1v) is 8.96. The van der Waals surface area contributed by atoms with Gasteiger partial charge in [0.05, 0.1) is 12.1 Å². The summed E-state index contributed by atoms with van der Waals surface area (Å²) >= 11 is 0. The predicted molar refractivity (Wildman–Crippen MR) is 97.2 cm³/mol. The number of carboxylic acid groups (broad SMARTS) is 1. The van der Waals surface area contributed by atoms with Crippen LogP contribution in [0.3, 0.4) is 0 Å². The van der Waals surface area contributed by atoms with Gasteiger partial charge in [-0.2, -0.15) is 0 Å². The third kappa shape index (κ3) is 5.01. The lowest BCUT2D eigenvalue weighted by atomic mass is 9.86. The largest absolute Gasteiger partial charge is 0.547 e. The molecule has 0 aliphatic heterocycles. The van der Waals surface area contributed by atoms with Crippen LogP contribution in [0.1, 0.15) is 41.5 Å².